The zero-order valence-electron chi connectivity index (χ0n) is 15.7. The third-order valence-electron chi connectivity index (χ3n) is 4.65. The molecule has 4 nitrogen and oxygen atoms in total. The summed E-state index contributed by atoms with van der Waals surface area (Å²) in [6.45, 7) is 11.4. The highest BCUT2D eigenvalue weighted by atomic mass is 16.2. The monoisotopic (exact) mass is 327 g/mol. The lowest BCUT2D eigenvalue weighted by atomic mass is 10.1. The van der Waals surface area contributed by atoms with Crippen LogP contribution in [0.4, 0.5) is 0 Å². The summed E-state index contributed by atoms with van der Waals surface area (Å²) in [5, 5.41) is 4.61. The molecular formula is C20H29N3O. The Balaban J connectivity index is 2.13. The Hall–Kier alpha value is -2.10. The van der Waals surface area contributed by atoms with E-state index in [2.05, 4.69) is 44.9 Å². The fourth-order valence-corrected chi connectivity index (χ4v) is 2.96. The molecule has 1 amide bonds. The molecule has 24 heavy (non-hydrogen) atoms. The van der Waals surface area contributed by atoms with Crippen molar-refractivity contribution >= 4 is 5.91 Å². The van der Waals surface area contributed by atoms with Gasteiger partial charge in [0.1, 0.15) is 0 Å². The van der Waals surface area contributed by atoms with Crippen LogP contribution in [0.15, 0.2) is 30.3 Å². The highest BCUT2D eigenvalue weighted by Gasteiger charge is 2.21. The summed E-state index contributed by atoms with van der Waals surface area (Å²) >= 11 is 0. The van der Waals surface area contributed by atoms with Crippen LogP contribution in [0.25, 0.3) is 0 Å². The number of hydrogen-bond donors (Lipinski definition) is 0. The van der Waals surface area contributed by atoms with Gasteiger partial charge in [0.25, 0.3) is 0 Å². The molecule has 0 aliphatic rings. The van der Waals surface area contributed by atoms with Crippen LogP contribution in [-0.4, -0.2) is 27.6 Å². The molecule has 1 heterocycles. The number of benzene rings is 1. The molecule has 0 bridgehead atoms. The number of aryl methyl sites for hydroxylation is 1. The number of likely N-dealkylation sites (N-methyl/N-ethyl adjacent to an activating group) is 1. The van der Waals surface area contributed by atoms with Gasteiger partial charge < -0.3 is 4.90 Å². The summed E-state index contributed by atoms with van der Waals surface area (Å²) in [4.78, 5) is 14.6. The molecule has 0 radical (unpaired) electrons. The lowest BCUT2D eigenvalue weighted by Crippen LogP contribution is -2.31. The predicted octanol–water partition coefficient (Wildman–Crippen LogP) is 3.92. The standard InChI is InChI=1S/C20H29N3O/c1-14(2)13-23-17(5)19(15(3)21-23)12-20(24)22(6)16(4)18-10-8-7-9-11-18/h7-11,14,16H,12-13H2,1-6H3. The molecule has 0 saturated carbocycles. The number of amides is 1. The highest BCUT2D eigenvalue weighted by Crippen LogP contribution is 2.21. The quantitative estimate of drug-likeness (QED) is 0.806. The van der Waals surface area contributed by atoms with Gasteiger partial charge in [0.05, 0.1) is 18.2 Å². The molecule has 0 saturated heterocycles. The third-order valence-corrected chi connectivity index (χ3v) is 4.65. The van der Waals surface area contributed by atoms with E-state index in [4.69, 9.17) is 0 Å². The van der Waals surface area contributed by atoms with E-state index in [-0.39, 0.29) is 11.9 Å². The van der Waals surface area contributed by atoms with E-state index in [1.54, 1.807) is 0 Å². The first-order valence-corrected chi connectivity index (χ1v) is 8.64. The van der Waals surface area contributed by atoms with Gasteiger partial charge >= 0.3 is 0 Å². The molecule has 1 aromatic carbocycles. The van der Waals surface area contributed by atoms with Gasteiger partial charge in [0.15, 0.2) is 0 Å². The Morgan fingerprint density at radius 3 is 2.38 bits per heavy atom. The van der Waals surface area contributed by atoms with Crippen LogP contribution in [0.1, 0.15) is 49.3 Å². The normalized spacial score (nSPS) is 12.5. The van der Waals surface area contributed by atoms with E-state index >= 15 is 0 Å². The number of nitrogens with zero attached hydrogens (tertiary/aromatic N) is 3. The van der Waals surface area contributed by atoms with Crippen LogP contribution in [0.2, 0.25) is 0 Å². The topological polar surface area (TPSA) is 38.1 Å². The van der Waals surface area contributed by atoms with Crippen molar-refractivity contribution in [1.82, 2.24) is 14.7 Å². The lowest BCUT2D eigenvalue weighted by molar-refractivity contribution is -0.131. The van der Waals surface area contributed by atoms with Crippen LogP contribution >= 0.6 is 0 Å². The molecule has 0 fully saturated rings. The van der Waals surface area contributed by atoms with Gasteiger partial charge in [-0.05, 0) is 32.3 Å². The number of aromatic nitrogens is 2. The molecule has 0 spiro atoms. The van der Waals surface area contributed by atoms with Crippen molar-refractivity contribution in [2.24, 2.45) is 5.92 Å². The molecule has 1 aromatic heterocycles. The molecule has 0 aliphatic carbocycles. The second-order valence-electron chi connectivity index (χ2n) is 6.99. The first-order chi connectivity index (χ1) is 11.3. The minimum absolute atomic E-state index is 0.0602. The van der Waals surface area contributed by atoms with Crippen LogP contribution in [-0.2, 0) is 17.8 Å². The van der Waals surface area contributed by atoms with Crippen molar-refractivity contribution in [3.63, 3.8) is 0 Å². The summed E-state index contributed by atoms with van der Waals surface area (Å²) in [6, 6.07) is 10.2. The van der Waals surface area contributed by atoms with Gasteiger partial charge in [0.2, 0.25) is 5.91 Å². The van der Waals surface area contributed by atoms with E-state index in [0.29, 0.717) is 12.3 Å². The summed E-state index contributed by atoms with van der Waals surface area (Å²) in [7, 11) is 1.88. The zero-order chi connectivity index (χ0) is 17.9. The first kappa shape index (κ1) is 18.2. The van der Waals surface area contributed by atoms with Crippen molar-refractivity contribution in [3.8, 4) is 0 Å². The summed E-state index contributed by atoms with van der Waals surface area (Å²) in [5.74, 6) is 0.661. The molecule has 1 unspecified atom stereocenters. The molecule has 1 atom stereocenters. The van der Waals surface area contributed by atoms with Gasteiger partial charge in [-0.3, -0.25) is 9.48 Å². The van der Waals surface area contributed by atoms with E-state index < -0.39 is 0 Å². The van der Waals surface area contributed by atoms with Crippen molar-refractivity contribution in [2.75, 3.05) is 7.05 Å². The minimum atomic E-state index is 0.0602. The van der Waals surface area contributed by atoms with Crippen LogP contribution in [0, 0.1) is 19.8 Å². The van der Waals surface area contributed by atoms with Crippen molar-refractivity contribution in [2.45, 2.75) is 53.6 Å². The molecule has 0 N–H and O–H groups in total. The van der Waals surface area contributed by atoms with E-state index in [0.717, 1.165) is 29.1 Å². The van der Waals surface area contributed by atoms with Crippen molar-refractivity contribution in [1.29, 1.82) is 0 Å². The summed E-state index contributed by atoms with van der Waals surface area (Å²) in [5.41, 5.74) is 4.28. The number of rotatable bonds is 6. The minimum Gasteiger partial charge on any atom is -0.339 e. The maximum absolute atomic E-state index is 12.8. The maximum Gasteiger partial charge on any atom is 0.227 e. The van der Waals surface area contributed by atoms with Gasteiger partial charge in [-0.2, -0.15) is 5.10 Å². The molecule has 4 heteroatoms. The van der Waals surface area contributed by atoms with Gasteiger partial charge in [0, 0.05) is 24.8 Å². The van der Waals surface area contributed by atoms with Crippen LogP contribution < -0.4 is 0 Å². The third kappa shape index (κ3) is 4.05. The highest BCUT2D eigenvalue weighted by molar-refractivity contribution is 5.79. The van der Waals surface area contributed by atoms with E-state index in [9.17, 15) is 4.79 Å². The molecule has 2 aromatic rings. The second kappa shape index (κ2) is 7.65. The SMILES string of the molecule is Cc1nn(CC(C)C)c(C)c1CC(=O)N(C)C(C)c1ccccc1. The summed E-state index contributed by atoms with van der Waals surface area (Å²) in [6.07, 6.45) is 0.406. The lowest BCUT2D eigenvalue weighted by Gasteiger charge is -2.25. The fourth-order valence-electron chi connectivity index (χ4n) is 2.96. The molecule has 0 aliphatic heterocycles. The largest absolute Gasteiger partial charge is 0.339 e. The average molecular weight is 327 g/mol. The van der Waals surface area contributed by atoms with Crippen molar-refractivity contribution < 1.29 is 4.79 Å². The number of hydrogen-bond acceptors (Lipinski definition) is 2. The van der Waals surface area contributed by atoms with Gasteiger partial charge in [-0.25, -0.2) is 0 Å². The number of carbonyl (C=O) groups excluding carboxylic acids is 1. The van der Waals surface area contributed by atoms with Gasteiger partial charge in [-0.1, -0.05) is 44.2 Å². The van der Waals surface area contributed by atoms with E-state index in [1.807, 2.05) is 41.8 Å². The second-order valence-corrected chi connectivity index (χ2v) is 6.99. The van der Waals surface area contributed by atoms with Gasteiger partial charge in [-0.15, -0.1) is 0 Å². The number of carbonyl (C=O) groups is 1. The molecular weight excluding hydrogens is 298 g/mol. The summed E-state index contributed by atoms with van der Waals surface area (Å²) < 4.78 is 2.03. The Morgan fingerprint density at radius 1 is 1.17 bits per heavy atom. The maximum atomic E-state index is 12.8. The Labute approximate surface area is 145 Å². The Morgan fingerprint density at radius 2 is 1.79 bits per heavy atom. The molecule has 2 rings (SSSR count). The van der Waals surface area contributed by atoms with Crippen molar-refractivity contribution in [3.05, 3.63) is 52.8 Å². The Bertz CT molecular complexity index is 688. The van der Waals surface area contributed by atoms with Crippen LogP contribution in [0.3, 0.4) is 0 Å². The average Bonchev–Trinajstić information content (AvgIpc) is 2.81. The molecule has 130 valence electrons. The Kier molecular flexibility index (Phi) is 5.81. The smallest absolute Gasteiger partial charge is 0.227 e. The van der Waals surface area contributed by atoms with Crippen LogP contribution in [0.5, 0.6) is 0 Å². The zero-order valence-corrected chi connectivity index (χ0v) is 15.7. The first-order valence-electron chi connectivity index (χ1n) is 8.64. The fraction of sp³-hybridized carbons (Fsp3) is 0.500. The predicted molar refractivity (Wildman–Crippen MR) is 97.9 cm³/mol. The van der Waals surface area contributed by atoms with E-state index in [1.165, 1.54) is 0 Å².